The Balaban J connectivity index is 2.04. The lowest BCUT2D eigenvalue weighted by Gasteiger charge is -2.15. The highest BCUT2D eigenvalue weighted by Crippen LogP contribution is 2.37. The molecule has 0 atom stereocenters. The van der Waals surface area contributed by atoms with Gasteiger partial charge in [-0.2, -0.15) is 0 Å². The van der Waals surface area contributed by atoms with Crippen LogP contribution in [0.15, 0.2) is 35.5 Å². The molecule has 0 spiro atoms. The third-order valence-electron chi connectivity index (χ3n) is 3.09. The quantitative estimate of drug-likeness (QED) is 0.797. The molecule has 0 bridgehead atoms. The lowest BCUT2D eigenvalue weighted by molar-refractivity contribution is 0.586. The fourth-order valence-electron chi connectivity index (χ4n) is 2.22. The minimum Gasteiger partial charge on any atom is -0.383 e. The Hall–Kier alpha value is -0.970. The van der Waals surface area contributed by atoms with Crippen molar-refractivity contribution in [1.82, 2.24) is 9.29 Å². The van der Waals surface area contributed by atoms with Crippen LogP contribution in [0.25, 0.3) is 10.8 Å². The van der Waals surface area contributed by atoms with E-state index < -0.39 is 0 Å². The Bertz CT molecular complexity index is 552. The van der Waals surface area contributed by atoms with Gasteiger partial charge in [0.2, 0.25) is 0 Å². The first-order valence-corrected chi connectivity index (χ1v) is 7.05. The molecule has 94 valence electrons. The van der Waals surface area contributed by atoms with Gasteiger partial charge in [0.1, 0.15) is 11.9 Å². The molecule has 18 heavy (non-hydrogen) atoms. The van der Waals surface area contributed by atoms with E-state index >= 15 is 0 Å². The summed E-state index contributed by atoms with van der Waals surface area (Å²) in [4.78, 5) is 5.30. The normalized spacial score (nSPS) is 16.3. The van der Waals surface area contributed by atoms with Crippen LogP contribution in [-0.4, -0.2) is 22.4 Å². The monoisotopic (exact) mass is 280 g/mol. The van der Waals surface area contributed by atoms with Crippen LogP contribution in [0.5, 0.6) is 5.75 Å². The van der Waals surface area contributed by atoms with Crippen LogP contribution >= 0.6 is 23.8 Å². The topological polar surface area (TPSA) is 25.4 Å². The Labute approximate surface area is 115 Å². The predicted molar refractivity (Wildman–Crippen MR) is 74.9 cm³/mol. The summed E-state index contributed by atoms with van der Waals surface area (Å²) in [6.45, 7) is 2.28. The summed E-state index contributed by atoms with van der Waals surface area (Å²) in [6.07, 6.45) is 6.04. The highest BCUT2D eigenvalue weighted by Gasteiger charge is 2.16. The molecular formula is C13H13ClN2OS. The van der Waals surface area contributed by atoms with Crippen molar-refractivity contribution in [3.05, 3.63) is 30.6 Å². The summed E-state index contributed by atoms with van der Waals surface area (Å²) in [5.74, 6) is 0.622. The maximum atomic E-state index is 5.53. The third kappa shape index (κ3) is 2.28. The number of halogens is 1. The molecule has 5 heteroatoms. The van der Waals surface area contributed by atoms with Crippen molar-refractivity contribution in [1.29, 1.82) is 0 Å². The van der Waals surface area contributed by atoms with E-state index in [1.807, 2.05) is 18.3 Å². The van der Waals surface area contributed by atoms with Gasteiger partial charge in [-0.1, -0.05) is 12.1 Å². The summed E-state index contributed by atoms with van der Waals surface area (Å²) in [5.41, 5.74) is 0. The molecule has 3 nitrogen and oxygen atoms in total. The zero-order valence-electron chi connectivity index (χ0n) is 9.80. The molecule has 3 rings (SSSR count). The number of pyridine rings is 1. The van der Waals surface area contributed by atoms with Crippen LogP contribution in [0.1, 0.15) is 12.8 Å². The highest BCUT2D eigenvalue weighted by atomic mass is 35.5. The van der Waals surface area contributed by atoms with E-state index in [4.69, 9.17) is 16.2 Å². The van der Waals surface area contributed by atoms with Crippen molar-refractivity contribution in [3.8, 4) is 5.75 Å². The molecule has 0 N–H and O–H groups in total. The first kappa shape index (κ1) is 12.1. The van der Waals surface area contributed by atoms with Gasteiger partial charge in [-0.25, -0.2) is 4.31 Å². The average molecular weight is 281 g/mol. The molecule has 1 saturated heterocycles. The van der Waals surface area contributed by atoms with E-state index in [-0.39, 0.29) is 0 Å². The summed E-state index contributed by atoms with van der Waals surface area (Å²) >= 11 is 7.31. The molecule has 0 unspecified atom stereocenters. The maximum Gasteiger partial charge on any atom is 0.173 e. The molecule has 2 aromatic rings. The zero-order chi connectivity index (χ0) is 12.4. The molecule has 0 amide bonds. The van der Waals surface area contributed by atoms with Gasteiger partial charge in [-0.15, -0.1) is 0 Å². The Kier molecular flexibility index (Phi) is 3.59. The van der Waals surface area contributed by atoms with Crippen molar-refractivity contribution in [3.63, 3.8) is 0 Å². The minimum absolute atomic E-state index is 0.622. The number of benzene rings is 1. The Morgan fingerprint density at radius 1 is 1.22 bits per heavy atom. The number of aromatic nitrogens is 1. The van der Waals surface area contributed by atoms with Crippen molar-refractivity contribution in [2.75, 3.05) is 13.1 Å². The fourth-order valence-corrected chi connectivity index (χ4v) is 3.51. The van der Waals surface area contributed by atoms with Crippen LogP contribution < -0.4 is 4.29 Å². The average Bonchev–Trinajstić information content (AvgIpc) is 2.91. The fraction of sp³-hybridized carbons (Fsp3) is 0.308. The molecule has 1 aromatic heterocycles. The van der Waals surface area contributed by atoms with Gasteiger partial charge >= 0.3 is 0 Å². The second-order valence-corrected chi connectivity index (χ2v) is 5.59. The molecular weight excluding hydrogens is 268 g/mol. The van der Waals surface area contributed by atoms with E-state index in [0.29, 0.717) is 5.75 Å². The van der Waals surface area contributed by atoms with E-state index in [0.717, 1.165) is 23.9 Å². The van der Waals surface area contributed by atoms with E-state index in [2.05, 4.69) is 15.4 Å². The van der Waals surface area contributed by atoms with Crippen LogP contribution in [-0.2, 0) is 0 Å². The highest BCUT2D eigenvalue weighted by molar-refractivity contribution is 7.97. The predicted octanol–water partition coefficient (Wildman–Crippen LogP) is 3.87. The Morgan fingerprint density at radius 3 is 2.83 bits per heavy atom. The van der Waals surface area contributed by atoms with Gasteiger partial charge in [0.25, 0.3) is 0 Å². The SMILES string of the molecule is ClOc1cncc2cccc(SN3CCCC3)c12. The van der Waals surface area contributed by atoms with Crippen molar-refractivity contribution in [2.45, 2.75) is 17.7 Å². The second kappa shape index (κ2) is 5.34. The largest absolute Gasteiger partial charge is 0.383 e. The van der Waals surface area contributed by atoms with Gasteiger partial charge in [0.05, 0.1) is 6.20 Å². The van der Waals surface area contributed by atoms with Gasteiger partial charge < -0.3 is 4.29 Å². The van der Waals surface area contributed by atoms with Gasteiger partial charge in [-0.3, -0.25) is 4.98 Å². The molecule has 1 aromatic carbocycles. The van der Waals surface area contributed by atoms with Crippen LogP contribution in [0.4, 0.5) is 0 Å². The van der Waals surface area contributed by atoms with Gasteiger partial charge in [0, 0.05) is 35.0 Å². The molecule has 2 heterocycles. The number of hydrogen-bond donors (Lipinski definition) is 0. The van der Waals surface area contributed by atoms with E-state index in [9.17, 15) is 0 Å². The van der Waals surface area contributed by atoms with Crippen molar-refractivity contribution in [2.24, 2.45) is 0 Å². The molecule has 0 radical (unpaired) electrons. The summed E-state index contributed by atoms with van der Waals surface area (Å²) in [5, 5.41) is 2.09. The van der Waals surface area contributed by atoms with Crippen molar-refractivity contribution < 1.29 is 4.29 Å². The number of nitrogens with zero attached hydrogens (tertiary/aromatic N) is 2. The summed E-state index contributed by atoms with van der Waals surface area (Å²) in [7, 11) is 0. The summed E-state index contributed by atoms with van der Waals surface area (Å²) < 4.78 is 7.29. The van der Waals surface area contributed by atoms with Gasteiger partial charge in [-0.05, 0) is 30.9 Å². The smallest absolute Gasteiger partial charge is 0.173 e. The lowest BCUT2D eigenvalue weighted by atomic mass is 10.2. The zero-order valence-corrected chi connectivity index (χ0v) is 11.4. The third-order valence-corrected chi connectivity index (χ3v) is 4.41. The number of rotatable bonds is 3. The second-order valence-electron chi connectivity index (χ2n) is 4.30. The van der Waals surface area contributed by atoms with Crippen LogP contribution in [0, 0.1) is 0 Å². The minimum atomic E-state index is 0.622. The molecule has 1 aliphatic rings. The van der Waals surface area contributed by atoms with E-state index in [1.165, 1.54) is 17.7 Å². The lowest BCUT2D eigenvalue weighted by Crippen LogP contribution is -2.08. The van der Waals surface area contributed by atoms with Crippen LogP contribution in [0.2, 0.25) is 0 Å². The number of hydrogen-bond acceptors (Lipinski definition) is 4. The first-order valence-electron chi connectivity index (χ1n) is 5.97. The maximum absolute atomic E-state index is 5.53. The van der Waals surface area contributed by atoms with Gasteiger partial charge in [0.15, 0.2) is 5.75 Å². The molecule has 1 aliphatic heterocycles. The van der Waals surface area contributed by atoms with Crippen LogP contribution in [0.3, 0.4) is 0 Å². The Morgan fingerprint density at radius 2 is 2.06 bits per heavy atom. The molecule has 0 saturated carbocycles. The van der Waals surface area contributed by atoms with Crippen molar-refractivity contribution >= 4 is 34.6 Å². The number of fused-ring (bicyclic) bond motifs is 1. The molecule has 0 aliphatic carbocycles. The van der Waals surface area contributed by atoms with E-state index in [1.54, 1.807) is 18.1 Å². The molecule has 1 fully saturated rings. The summed E-state index contributed by atoms with van der Waals surface area (Å²) in [6, 6.07) is 6.17. The first-order chi connectivity index (χ1) is 8.88. The standard InChI is InChI=1S/C13H13ClN2OS/c14-17-11-9-15-8-10-4-3-5-12(13(10)11)18-16-6-1-2-7-16/h3-5,8-9H,1-2,6-7H2.